The summed E-state index contributed by atoms with van der Waals surface area (Å²) in [5.74, 6) is 1.74. The number of hydrogen-bond donors (Lipinski definition) is 3. The van der Waals surface area contributed by atoms with Gasteiger partial charge in [0, 0.05) is 30.6 Å². The van der Waals surface area contributed by atoms with E-state index in [9.17, 15) is 4.79 Å². The molecule has 0 bridgehead atoms. The number of nitrogens with zero attached hydrogens (tertiary/aromatic N) is 2. The van der Waals surface area contributed by atoms with Crippen LogP contribution < -0.4 is 10.6 Å². The fourth-order valence-corrected chi connectivity index (χ4v) is 3.85. The Labute approximate surface area is 165 Å². The zero-order chi connectivity index (χ0) is 17.9. The molecule has 2 aliphatic rings. The van der Waals surface area contributed by atoms with E-state index in [0.717, 1.165) is 55.3 Å². The second kappa shape index (κ2) is 8.82. The van der Waals surface area contributed by atoms with Crippen LogP contribution in [0.4, 0.5) is 5.69 Å². The van der Waals surface area contributed by atoms with E-state index in [1.165, 1.54) is 0 Å². The summed E-state index contributed by atoms with van der Waals surface area (Å²) in [6.45, 7) is 3.54. The van der Waals surface area contributed by atoms with Gasteiger partial charge >= 0.3 is 0 Å². The maximum Gasteiger partial charge on any atom is 0.227 e. The average molecular weight is 392 g/mol. The van der Waals surface area contributed by atoms with Gasteiger partial charge in [-0.1, -0.05) is 12.1 Å². The Hall–Kier alpha value is -1.96. The van der Waals surface area contributed by atoms with Gasteiger partial charge in [-0.25, -0.2) is 4.98 Å². The first-order chi connectivity index (χ1) is 12.7. The summed E-state index contributed by atoms with van der Waals surface area (Å²) in [6, 6.07) is 8.21. The lowest BCUT2D eigenvalue weighted by Crippen LogP contribution is -2.52. The van der Waals surface area contributed by atoms with Crippen molar-refractivity contribution in [1.82, 2.24) is 20.5 Å². The van der Waals surface area contributed by atoms with E-state index in [0.29, 0.717) is 12.5 Å². The topological polar surface area (TPSA) is 91.9 Å². The quantitative estimate of drug-likeness (QED) is 0.743. The molecule has 2 aromatic rings. The first-order valence-corrected chi connectivity index (χ1v) is 9.30. The average Bonchev–Trinajstić information content (AvgIpc) is 3.07. The molecule has 27 heavy (non-hydrogen) atoms. The van der Waals surface area contributed by atoms with Crippen molar-refractivity contribution in [2.24, 2.45) is 5.92 Å². The number of H-pyrrole nitrogens is 1. The molecule has 2 fully saturated rings. The molecule has 3 atom stereocenters. The van der Waals surface area contributed by atoms with Gasteiger partial charge in [0.2, 0.25) is 5.91 Å². The van der Waals surface area contributed by atoms with Crippen molar-refractivity contribution in [2.45, 2.75) is 44.8 Å². The number of amides is 1. The van der Waals surface area contributed by atoms with Gasteiger partial charge in [0.05, 0.1) is 12.7 Å². The number of anilines is 1. The number of halogens is 1. The van der Waals surface area contributed by atoms with E-state index in [4.69, 9.17) is 4.74 Å². The molecule has 4 rings (SSSR count). The highest BCUT2D eigenvalue weighted by molar-refractivity contribution is 5.92. The van der Waals surface area contributed by atoms with Crippen molar-refractivity contribution in [3.05, 3.63) is 41.5 Å². The Bertz CT molecular complexity index is 764. The van der Waals surface area contributed by atoms with E-state index in [2.05, 4.69) is 25.8 Å². The summed E-state index contributed by atoms with van der Waals surface area (Å²) >= 11 is 0. The van der Waals surface area contributed by atoms with Crippen LogP contribution in [0.5, 0.6) is 0 Å². The Morgan fingerprint density at radius 2 is 2.11 bits per heavy atom. The number of rotatable bonds is 4. The molecule has 0 unspecified atom stereocenters. The van der Waals surface area contributed by atoms with Gasteiger partial charge in [-0.15, -0.1) is 12.4 Å². The molecule has 1 saturated carbocycles. The van der Waals surface area contributed by atoms with Crippen molar-refractivity contribution in [3.8, 4) is 0 Å². The highest BCUT2D eigenvalue weighted by atomic mass is 35.5. The van der Waals surface area contributed by atoms with Crippen LogP contribution in [0.1, 0.15) is 36.5 Å². The van der Waals surface area contributed by atoms with E-state index < -0.39 is 0 Å². The van der Waals surface area contributed by atoms with Crippen molar-refractivity contribution in [2.75, 3.05) is 18.5 Å². The molecule has 146 valence electrons. The molecule has 1 aromatic carbocycles. The number of nitrogens with one attached hydrogen (secondary N) is 3. The summed E-state index contributed by atoms with van der Waals surface area (Å²) in [7, 11) is 0. The molecule has 1 aliphatic carbocycles. The number of hydrogen-bond acceptors (Lipinski definition) is 5. The van der Waals surface area contributed by atoms with Gasteiger partial charge in [0.15, 0.2) is 5.82 Å². The molecule has 0 radical (unpaired) electrons. The summed E-state index contributed by atoms with van der Waals surface area (Å²) in [5.41, 5.74) is 1.95. The number of aryl methyl sites for hydroxylation is 1. The van der Waals surface area contributed by atoms with Gasteiger partial charge in [0.1, 0.15) is 5.82 Å². The monoisotopic (exact) mass is 391 g/mol. The van der Waals surface area contributed by atoms with Gasteiger partial charge < -0.3 is 15.4 Å². The zero-order valence-electron chi connectivity index (χ0n) is 15.4. The SMILES string of the molecule is Cc1nc(Cc2ccc(NC(=O)[C@H]3CC[C@H]4OCCN[C@@H]4C3)cc2)n[nH]1.Cl. The molecule has 1 aliphatic heterocycles. The van der Waals surface area contributed by atoms with Crippen LogP contribution in [0.15, 0.2) is 24.3 Å². The number of fused-ring (bicyclic) bond motifs is 1. The standard InChI is InChI=1S/C19H25N5O2.ClH/c1-12-21-18(24-23-12)10-13-2-5-15(6-3-13)22-19(25)14-4-7-17-16(11-14)20-8-9-26-17;/h2-3,5-6,14,16-17,20H,4,7-11H2,1H3,(H,22,25)(H,21,23,24);1H/t14-,16+,17+;/m0./s1. The molecule has 8 heteroatoms. The molecule has 1 amide bonds. The van der Waals surface area contributed by atoms with Crippen molar-refractivity contribution < 1.29 is 9.53 Å². The number of carbonyl (C=O) groups excluding carboxylic acids is 1. The van der Waals surface area contributed by atoms with E-state index >= 15 is 0 Å². The lowest BCUT2D eigenvalue weighted by molar-refractivity contribution is -0.123. The molecule has 1 saturated heterocycles. The number of ether oxygens (including phenoxy) is 1. The van der Waals surface area contributed by atoms with E-state index in [1.807, 2.05) is 31.2 Å². The Morgan fingerprint density at radius 1 is 1.30 bits per heavy atom. The summed E-state index contributed by atoms with van der Waals surface area (Å²) < 4.78 is 5.79. The van der Waals surface area contributed by atoms with Gasteiger partial charge in [-0.2, -0.15) is 5.10 Å². The smallest absolute Gasteiger partial charge is 0.227 e. The minimum Gasteiger partial charge on any atom is -0.375 e. The van der Waals surface area contributed by atoms with Gasteiger partial charge in [0.25, 0.3) is 0 Å². The van der Waals surface area contributed by atoms with Crippen molar-refractivity contribution in [1.29, 1.82) is 0 Å². The van der Waals surface area contributed by atoms with E-state index in [-0.39, 0.29) is 30.3 Å². The lowest BCUT2D eigenvalue weighted by Gasteiger charge is -2.39. The lowest BCUT2D eigenvalue weighted by atomic mass is 9.82. The fourth-order valence-electron chi connectivity index (χ4n) is 3.85. The van der Waals surface area contributed by atoms with Gasteiger partial charge in [-0.05, 0) is 43.9 Å². The number of benzene rings is 1. The van der Waals surface area contributed by atoms with Crippen LogP contribution in [-0.4, -0.2) is 46.4 Å². The minimum atomic E-state index is 0. The van der Waals surface area contributed by atoms with Gasteiger partial charge in [-0.3, -0.25) is 9.89 Å². The number of carbonyl (C=O) groups is 1. The largest absolute Gasteiger partial charge is 0.375 e. The summed E-state index contributed by atoms with van der Waals surface area (Å²) in [5, 5.41) is 13.5. The molecule has 3 N–H and O–H groups in total. The zero-order valence-corrected chi connectivity index (χ0v) is 16.2. The highest BCUT2D eigenvalue weighted by Crippen LogP contribution is 2.29. The van der Waals surface area contributed by atoms with Crippen molar-refractivity contribution >= 4 is 24.0 Å². The Morgan fingerprint density at radius 3 is 2.85 bits per heavy atom. The normalized spacial score (nSPS) is 24.6. The predicted molar refractivity (Wildman–Crippen MR) is 105 cm³/mol. The van der Waals surface area contributed by atoms with Crippen LogP contribution in [0.2, 0.25) is 0 Å². The number of morpholine rings is 1. The summed E-state index contributed by atoms with van der Waals surface area (Å²) in [6.07, 6.45) is 3.63. The maximum atomic E-state index is 12.6. The number of aromatic amines is 1. The Balaban J connectivity index is 0.00000210. The van der Waals surface area contributed by atoms with Crippen LogP contribution in [-0.2, 0) is 16.0 Å². The Kier molecular flexibility index (Phi) is 6.46. The van der Waals surface area contributed by atoms with Crippen LogP contribution in [0.25, 0.3) is 0 Å². The molecular formula is C19H26ClN5O2. The fraction of sp³-hybridized carbons (Fsp3) is 0.526. The van der Waals surface area contributed by atoms with Crippen molar-refractivity contribution in [3.63, 3.8) is 0 Å². The second-order valence-electron chi connectivity index (χ2n) is 7.18. The molecule has 1 aromatic heterocycles. The van der Waals surface area contributed by atoms with Crippen LogP contribution in [0.3, 0.4) is 0 Å². The molecule has 0 spiro atoms. The third-order valence-corrected chi connectivity index (χ3v) is 5.23. The van der Waals surface area contributed by atoms with Crippen LogP contribution >= 0.6 is 12.4 Å². The first-order valence-electron chi connectivity index (χ1n) is 9.30. The first kappa shape index (κ1) is 19.8. The maximum absolute atomic E-state index is 12.6. The molecule has 7 nitrogen and oxygen atoms in total. The molecular weight excluding hydrogens is 366 g/mol. The number of aromatic nitrogens is 3. The third-order valence-electron chi connectivity index (χ3n) is 5.23. The minimum absolute atomic E-state index is 0. The highest BCUT2D eigenvalue weighted by Gasteiger charge is 2.35. The second-order valence-corrected chi connectivity index (χ2v) is 7.18. The molecule has 2 heterocycles. The predicted octanol–water partition coefficient (Wildman–Crippen LogP) is 2.22. The van der Waals surface area contributed by atoms with E-state index in [1.54, 1.807) is 0 Å². The third kappa shape index (κ3) is 4.86. The van der Waals surface area contributed by atoms with Crippen LogP contribution in [0, 0.1) is 12.8 Å². The summed E-state index contributed by atoms with van der Waals surface area (Å²) in [4.78, 5) is 16.9.